The predicted octanol–water partition coefficient (Wildman–Crippen LogP) is 2.86. The van der Waals surface area contributed by atoms with Gasteiger partial charge in [-0.25, -0.2) is 9.98 Å². The Labute approximate surface area is 187 Å². The van der Waals surface area contributed by atoms with Crippen molar-refractivity contribution in [1.82, 2.24) is 15.6 Å². The average molecular weight is 517 g/mol. The number of amides is 1. The van der Waals surface area contributed by atoms with Gasteiger partial charge in [0.25, 0.3) is 0 Å². The zero-order valence-electron chi connectivity index (χ0n) is 16.4. The number of rotatable bonds is 8. The number of thiophene rings is 1. The number of nitrogens with zero attached hydrogens (tertiary/aromatic N) is 2. The Kier molecular flexibility index (Phi) is 10.4. The molecule has 0 spiro atoms. The molecule has 0 saturated heterocycles. The number of hydrogen-bond donors (Lipinski definition) is 4. The van der Waals surface area contributed by atoms with Crippen LogP contribution < -0.4 is 16.0 Å². The normalized spacial score (nSPS) is 13.2. The first-order valence-electron chi connectivity index (χ1n) is 8.93. The lowest BCUT2D eigenvalue weighted by atomic mass is 10.1. The Morgan fingerprint density at radius 2 is 2.07 bits per heavy atom. The molecule has 2 heterocycles. The van der Waals surface area contributed by atoms with Gasteiger partial charge in [-0.05, 0) is 44.4 Å². The summed E-state index contributed by atoms with van der Waals surface area (Å²) in [5.41, 5.74) is -0.171. The van der Waals surface area contributed by atoms with E-state index in [1.54, 1.807) is 13.0 Å². The van der Waals surface area contributed by atoms with E-state index in [-0.39, 0.29) is 42.8 Å². The molecule has 28 heavy (non-hydrogen) atoms. The van der Waals surface area contributed by atoms with Gasteiger partial charge in [-0.1, -0.05) is 12.1 Å². The molecule has 0 aliphatic rings. The summed E-state index contributed by atoms with van der Waals surface area (Å²) in [5, 5.41) is 21.5. The molecule has 0 fully saturated rings. The van der Waals surface area contributed by atoms with Crippen LogP contribution in [0.1, 0.15) is 30.8 Å². The van der Waals surface area contributed by atoms with Crippen molar-refractivity contribution in [3.8, 4) is 0 Å². The summed E-state index contributed by atoms with van der Waals surface area (Å²) in [6.07, 6.45) is 0.279. The fraction of sp³-hybridized carbons (Fsp3) is 0.421. The topological polar surface area (TPSA) is 98.6 Å². The van der Waals surface area contributed by atoms with Crippen LogP contribution in [-0.4, -0.2) is 41.6 Å². The number of nitrogens with one attached hydrogen (secondary N) is 3. The molecule has 2 aromatic rings. The first-order valence-corrected chi connectivity index (χ1v) is 9.80. The molecule has 7 nitrogen and oxygen atoms in total. The van der Waals surface area contributed by atoms with E-state index in [4.69, 9.17) is 0 Å². The summed E-state index contributed by atoms with van der Waals surface area (Å²) in [5.74, 6) is 0.991. The van der Waals surface area contributed by atoms with E-state index in [2.05, 4.69) is 25.9 Å². The van der Waals surface area contributed by atoms with E-state index in [9.17, 15) is 9.90 Å². The van der Waals surface area contributed by atoms with Crippen molar-refractivity contribution in [1.29, 1.82) is 0 Å². The molecule has 154 valence electrons. The van der Waals surface area contributed by atoms with E-state index >= 15 is 0 Å². The van der Waals surface area contributed by atoms with Crippen molar-refractivity contribution in [2.45, 2.75) is 32.8 Å². The summed E-state index contributed by atoms with van der Waals surface area (Å²) in [7, 11) is 0. The van der Waals surface area contributed by atoms with Gasteiger partial charge < -0.3 is 21.1 Å². The van der Waals surface area contributed by atoms with Gasteiger partial charge in [0.1, 0.15) is 11.4 Å². The zero-order valence-corrected chi connectivity index (χ0v) is 19.5. The van der Waals surface area contributed by atoms with Gasteiger partial charge in [-0.3, -0.25) is 4.79 Å². The number of aliphatic imine (C=N–C) groups is 1. The molecule has 0 saturated carbocycles. The molecule has 2 aromatic heterocycles. The second-order valence-electron chi connectivity index (χ2n) is 6.34. The first-order chi connectivity index (χ1) is 12.9. The minimum Gasteiger partial charge on any atom is -0.383 e. The SMILES string of the molecule is CCNC(=NCC(C)(O)c1cccs1)NCCC(=O)Nc1cccc(C)n1.I. The van der Waals surface area contributed by atoms with Crippen LogP contribution in [0, 0.1) is 6.92 Å². The van der Waals surface area contributed by atoms with Crippen molar-refractivity contribution < 1.29 is 9.90 Å². The third-order valence-electron chi connectivity index (χ3n) is 3.74. The van der Waals surface area contributed by atoms with Crippen molar-refractivity contribution in [2.24, 2.45) is 4.99 Å². The van der Waals surface area contributed by atoms with E-state index < -0.39 is 5.60 Å². The molecule has 1 atom stereocenters. The number of anilines is 1. The number of halogens is 1. The number of guanidine groups is 1. The summed E-state index contributed by atoms with van der Waals surface area (Å²) >= 11 is 1.50. The summed E-state index contributed by atoms with van der Waals surface area (Å²) in [6.45, 7) is 6.92. The van der Waals surface area contributed by atoms with Crippen LogP contribution in [0.15, 0.2) is 40.7 Å². The van der Waals surface area contributed by atoms with Gasteiger partial charge in [0.2, 0.25) is 5.91 Å². The highest BCUT2D eigenvalue weighted by Crippen LogP contribution is 2.25. The van der Waals surface area contributed by atoms with Gasteiger partial charge in [-0.15, -0.1) is 35.3 Å². The van der Waals surface area contributed by atoms with Crippen LogP contribution in [0.3, 0.4) is 0 Å². The predicted molar refractivity (Wildman–Crippen MR) is 126 cm³/mol. The number of carbonyl (C=O) groups excluding carboxylic acids is 1. The molecule has 0 bridgehead atoms. The minimum absolute atomic E-state index is 0. The highest BCUT2D eigenvalue weighted by atomic mass is 127. The van der Waals surface area contributed by atoms with E-state index in [0.717, 1.165) is 10.6 Å². The van der Waals surface area contributed by atoms with Crippen LogP contribution in [0.25, 0.3) is 0 Å². The maximum absolute atomic E-state index is 12.0. The fourth-order valence-electron chi connectivity index (χ4n) is 2.35. The van der Waals surface area contributed by atoms with Gasteiger partial charge >= 0.3 is 0 Å². The first kappa shape index (κ1) is 24.3. The smallest absolute Gasteiger partial charge is 0.227 e. The van der Waals surface area contributed by atoms with Crippen molar-refractivity contribution in [3.63, 3.8) is 0 Å². The number of pyridine rings is 1. The number of aliphatic hydroxyl groups is 1. The molecule has 9 heteroatoms. The third kappa shape index (κ3) is 8.11. The molecule has 2 rings (SSSR count). The van der Waals surface area contributed by atoms with E-state index in [1.165, 1.54) is 11.3 Å². The summed E-state index contributed by atoms with van der Waals surface area (Å²) in [4.78, 5) is 21.6. The molecule has 1 amide bonds. The zero-order chi connectivity index (χ0) is 19.7. The van der Waals surface area contributed by atoms with Crippen molar-refractivity contribution >= 4 is 53.0 Å². The minimum atomic E-state index is -1.02. The third-order valence-corrected chi connectivity index (χ3v) is 4.86. The van der Waals surface area contributed by atoms with Crippen LogP contribution in [0.5, 0.6) is 0 Å². The maximum atomic E-state index is 12.0. The van der Waals surface area contributed by atoms with Crippen LogP contribution >= 0.6 is 35.3 Å². The second kappa shape index (κ2) is 12.0. The van der Waals surface area contributed by atoms with Gasteiger partial charge in [0.15, 0.2) is 5.96 Å². The Morgan fingerprint density at radius 3 is 2.71 bits per heavy atom. The molecule has 0 aliphatic carbocycles. The number of aromatic nitrogens is 1. The largest absolute Gasteiger partial charge is 0.383 e. The van der Waals surface area contributed by atoms with Crippen LogP contribution in [-0.2, 0) is 10.4 Å². The lowest BCUT2D eigenvalue weighted by molar-refractivity contribution is -0.116. The van der Waals surface area contributed by atoms with E-state index in [0.29, 0.717) is 24.9 Å². The Bertz CT molecular complexity index is 765. The quantitative estimate of drug-likeness (QED) is 0.245. The lowest BCUT2D eigenvalue weighted by Gasteiger charge is -2.20. The standard InChI is InChI=1S/C19H27N5O2S.HI/c1-4-20-18(22-13-19(3,26)15-8-6-12-27-15)21-11-10-17(25)24-16-9-5-7-14(2)23-16;/h5-9,12,26H,4,10-11,13H2,1-3H3,(H2,20,21,22)(H,23,24,25);1H. The van der Waals surface area contributed by atoms with Crippen LogP contribution in [0.4, 0.5) is 5.82 Å². The summed E-state index contributed by atoms with van der Waals surface area (Å²) < 4.78 is 0. The molecular formula is C19H28IN5O2S. The molecule has 0 radical (unpaired) electrons. The highest BCUT2D eigenvalue weighted by Gasteiger charge is 2.24. The van der Waals surface area contributed by atoms with Gasteiger partial charge in [0.05, 0.1) is 6.54 Å². The number of carbonyl (C=O) groups is 1. The monoisotopic (exact) mass is 517 g/mol. The second-order valence-corrected chi connectivity index (χ2v) is 7.28. The van der Waals surface area contributed by atoms with Crippen molar-refractivity contribution in [2.75, 3.05) is 25.0 Å². The Morgan fingerprint density at radius 1 is 1.29 bits per heavy atom. The molecule has 1 unspecified atom stereocenters. The molecule has 4 N–H and O–H groups in total. The highest BCUT2D eigenvalue weighted by molar-refractivity contribution is 14.0. The van der Waals surface area contributed by atoms with E-state index in [1.807, 2.05) is 43.5 Å². The number of hydrogen-bond acceptors (Lipinski definition) is 5. The van der Waals surface area contributed by atoms with Gasteiger partial charge in [-0.2, -0.15) is 0 Å². The summed E-state index contributed by atoms with van der Waals surface area (Å²) in [6, 6.07) is 9.29. The van der Waals surface area contributed by atoms with Gasteiger partial charge in [0, 0.05) is 30.1 Å². The molecule has 0 aromatic carbocycles. The van der Waals surface area contributed by atoms with Crippen LogP contribution in [0.2, 0.25) is 0 Å². The maximum Gasteiger partial charge on any atom is 0.227 e. The lowest BCUT2D eigenvalue weighted by Crippen LogP contribution is -2.40. The molecular weight excluding hydrogens is 489 g/mol. The fourth-order valence-corrected chi connectivity index (χ4v) is 3.13. The number of aryl methyl sites for hydroxylation is 1. The Balaban J connectivity index is 0.00000392. The average Bonchev–Trinajstić information content (AvgIpc) is 3.15. The van der Waals surface area contributed by atoms with Crippen molar-refractivity contribution in [3.05, 3.63) is 46.3 Å². The molecule has 0 aliphatic heterocycles. The Hall–Kier alpha value is -1.72.